The molecule has 2 aliphatic heterocycles. The van der Waals surface area contributed by atoms with Crippen LogP contribution in [0.1, 0.15) is 23.7 Å². The van der Waals surface area contributed by atoms with Crippen molar-refractivity contribution in [1.82, 2.24) is 24.6 Å². The van der Waals surface area contributed by atoms with Crippen molar-refractivity contribution in [2.45, 2.75) is 31.3 Å². The predicted molar refractivity (Wildman–Crippen MR) is 100 cm³/mol. The molecule has 2 aromatic heterocycles. The molecule has 1 fully saturated rings. The standard InChI is InChI=1S/C19H19N5OS/c25-17-16(14-4-2-1-3-5-14)21-22-18-19(7-10-24(17)18)6-9-23(13-19)12-15-20-8-11-26-15/h1-5,8,11H,6-7,9-10,12-13H2/t19-/m0/s1. The molecular weight excluding hydrogens is 346 g/mol. The highest BCUT2D eigenvalue weighted by Gasteiger charge is 2.47. The second kappa shape index (κ2) is 6.10. The highest BCUT2D eigenvalue weighted by molar-refractivity contribution is 7.09. The Morgan fingerprint density at radius 1 is 1.12 bits per heavy atom. The minimum absolute atomic E-state index is 0.0172. The second-order valence-corrected chi connectivity index (χ2v) is 8.09. The molecule has 26 heavy (non-hydrogen) atoms. The van der Waals surface area contributed by atoms with E-state index in [9.17, 15) is 4.79 Å². The third-order valence-electron chi connectivity index (χ3n) is 5.56. The van der Waals surface area contributed by atoms with E-state index < -0.39 is 0 Å². The molecular formula is C19H19N5OS. The van der Waals surface area contributed by atoms with Gasteiger partial charge in [0.25, 0.3) is 5.56 Å². The Morgan fingerprint density at radius 3 is 2.77 bits per heavy atom. The van der Waals surface area contributed by atoms with Crippen LogP contribution in [0.2, 0.25) is 0 Å². The summed E-state index contributed by atoms with van der Waals surface area (Å²) < 4.78 is 1.85. The zero-order chi connectivity index (χ0) is 17.6. The summed E-state index contributed by atoms with van der Waals surface area (Å²) in [5.41, 5.74) is 1.22. The Hall–Kier alpha value is -2.38. The summed E-state index contributed by atoms with van der Waals surface area (Å²) in [4.78, 5) is 19.8. The number of hydrogen-bond acceptors (Lipinski definition) is 6. The van der Waals surface area contributed by atoms with E-state index in [1.807, 2.05) is 46.5 Å². The molecule has 2 aliphatic rings. The van der Waals surface area contributed by atoms with Crippen LogP contribution in [0.15, 0.2) is 46.7 Å². The van der Waals surface area contributed by atoms with Crippen LogP contribution < -0.4 is 5.56 Å². The zero-order valence-corrected chi connectivity index (χ0v) is 15.2. The Bertz CT molecular complexity index is 985. The van der Waals surface area contributed by atoms with Gasteiger partial charge in [-0.15, -0.1) is 21.5 Å². The Morgan fingerprint density at radius 2 is 1.96 bits per heavy atom. The van der Waals surface area contributed by atoms with E-state index in [1.54, 1.807) is 11.3 Å². The zero-order valence-electron chi connectivity index (χ0n) is 14.3. The van der Waals surface area contributed by atoms with E-state index >= 15 is 0 Å². The molecule has 1 saturated heterocycles. The van der Waals surface area contributed by atoms with Crippen molar-refractivity contribution in [2.24, 2.45) is 0 Å². The first kappa shape index (κ1) is 15.8. The maximum atomic E-state index is 13.0. The molecule has 132 valence electrons. The van der Waals surface area contributed by atoms with E-state index in [2.05, 4.69) is 20.1 Å². The van der Waals surface area contributed by atoms with Gasteiger partial charge in [0.1, 0.15) is 10.8 Å². The van der Waals surface area contributed by atoms with Crippen LogP contribution in [0.5, 0.6) is 0 Å². The van der Waals surface area contributed by atoms with Crippen molar-refractivity contribution in [3.05, 3.63) is 63.1 Å². The highest BCUT2D eigenvalue weighted by Crippen LogP contribution is 2.41. The van der Waals surface area contributed by atoms with Crippen molar-refractivity contribution in [3.63, 3.8) is 0 Å². The minimum Gasteiger partial charge on any atom is -0.296 e. The Balaban J connectivity index is 1.46. The van der Waals surface area contributed by atoms with Crippen LogP contribution in [0.3, 0.4) is 0 Å². The van der Waals surface area contributed by atoms with Gasteiger partial charge >= 0.3 is 0 Å². The molecule has 1 aromatic carbocycles. The van der Waals surface area contributed by atoms with Crippen molar-refractivity contribution < 1.29 is 0 Å². The van der Waals surface area contributed by atoms with Gasteiger partial charge in [-0.1, -0.05) is 30.3 Å². The third-order valence-corrected chi connectivity index (χ3v) is 6.32. The van der Waals surface area contributed by atoms with Gasteiger partial charge in [-0.05, 0) is 19.4 Å². The molecule has 3 aromatic rings. The lowest BCUT2D eigenvalue weighted by molar-refractivity contribution is 0.299. The molecule has 0 unspecified atom stereocenters. The normalized spacial score (nSPS) is 22.2. The first-order valence-corrected chi connectivity index (χ1v) is 9.77. The van der Waals surface area contributed by atoms with E-state index in [1.165, 1.54) is 0 Å². The number of rotatable bonds is 3. The monoisotopic (exact) mass is 365 g/mol. The predicted octanol–water partition coefficient (Wildman–Crippen LogP) is 2.31. The highest BCUT2D eigenvalue weighted by atomic mass is 32.1. The fraction of sp³-hybridized carbons (Fsp3) is 0.368. The average Bonchev–Trinajstić information content (AvgIpc) is 3.40. The lowest BCUT2D eigenvalue weighted by Crippen LogP contribution is -2.33. The van der Waals surface area contributed by atoms with Crippen molar-refractivity contribution in [2.75, 3.05) is 13.1 Å². The van der Waals surface area contributed by atoms with Gasteiger partial charge in [-0.25, -0.2) is 4.98 Å². The summed E-state index contributed by atoms with van der Waals surface area (Å²) >= 11 is 1.69. The third kappa shape index (κ3) is 2.50. The van der Waals surface area contributed by atoms with E-state index in [0.717, 1.165) is 55.4 Å². The fourth-order valence-corrected chi connectivity index (χ4v) is 4.89. The van der Waals surface area contributed by atoms with Gasteiger partial charge in [-0.3, -0.25) is 14.3 Å². The minimum atomic E-state index is -0.0430. The molecule has 6 nitrogen and oxygen atoms in total. The van der Waals surface area contributed by atoms with Crippen molar-refractivity contribution in [1.29, 1.82) is 0 Å². The number of benzene rings is 1. The van der Waals surface area contributed by atoms with Crippen LogP contribution >= 0.6 is 11.3 Å². The molecule has 0 amide bonds. The van der Waals surface area contributed by atoms with Crippen molar-refractivity contribution in [3.8, 4) is 11.3 Å². The smallest absolute Gasteiger partial charge is 0.280 e. The molecule has 7 heteroatoms. The molecule has 4 heterocycles. The van der Waals surface area contributed by atoms with Crippen molar-refractivity contribution >= 4 is 11.3 Å². The average molecular weight is 365 g/mol. The number of hydrogen-bond donors (Lipinski definition) is 0. The van der Waals surface area contributed by atoms with Gasteiger partial charge in [-0.2, -0.15) is 0 Å². The van der Waals surface area contributed by atoms with Crippen LogP contribution in [0.25, 0.3) is 11.3 Å². The van der Waals surface area contributed by atoms with Gasteiger partial charge < -0.3 is 0 Å². The number of likely N-dealkylation sites (tertiary alicyclic amines) is 1. The molecule has 1 spiro atoms. The summed E-state index contributed by atoms with van der Waals surface area (Å²) in [6, 6.07) is 9.60. The summed E-state index contributed by atoms with van der Waals surface area (Å²) in [6.45, 7) is 3.54. The first-order valence-electron chi connectivity index (χ1n) is 8.89. The SMILES string of the molecule is O=c1c(-c2ccccc2)nnc2n1CC[C@]21CCN(Cc2nccs2)C1. The van der Waals surface area contributed by atoms with Crippen LogP contribution in [0, 0.1) is 0 Å². The number of nitrogens with zero attached hydrogens (tertiary/aromatic N) is 5. The molecule has 0 aliphatic carbocycles. The Labute approximate surface area is 155 Å². The van der Waals surface area contributed by atoms with E-state index in [0.29, 0.717) is 5.69 Å². The molecule has 1 atom stereocenters. The van der Waals surface area contributed by atoms with Crippen LogP contribution in [-0.4, -0.2) is 37.7 Å². The largest absolute Gasteiger partial charge is 0.296 e. The maximum Gasteiger partial charge on any atom is 0.280 e. The first-order chi connectivity index (χ1) is 12.8. The van der Waals surface area contributed by atoms with Gasteiger partial charge in [0.05, 0.1) is 6.54 Å². The maximum absolute atomic E-state index is 13.0. The van der Waals surface area contributed by atoms with Crippen LogP contribution in [0.4, 0.5) is 0 Å². The molecule has 0 bridgehead atoms. The van der Waals surface area contributed by atoms with E-state index in [4.69, 9.17) is 0 Å². The Kier molecular flexibility index (Phi) is 3.72. The van der Waals surface area contributed by atoms with Gasteiger partial charge in [0.2, 0.25) is 0 Å². The molecule has 0 radical (unpaired) electrons. The lowest BCUT2D eigenvalue weighted by Gasteiger charge is -2.22. The quantitative estimate of drug-likeness (QED) is 0.713. The van der Waals surface area contributed by atoms with Gasteiger partial charge in [0.15, 0.2) is 5.69 Å². The number of fused-ring (bicyclic) bond motifs is 2. The van der Waals surface area contributed by atoms with E-state index in [-0.39, 0.29) is 11.0 Å². The summed E-state index contributed by atoms with van der Waals surface area (Å²) in [5.74, 6) is 0.865. The molecule has 0 saturated carbocycles. The second-order valence-electron chi connectivity index (χ2n) is 7.11. The fourth-order valence-electron chi connectivity index (χ4n) is 4.23. The van der Waals surface area contributed by atoms with Gasteiger partial charge in [0, 0.05) is 35.6 Å². The lowest BCUT2D eigenvalue weighted by atomic mass is 9.85. The summed E-state index contributed by atoms with van der Waals surface area (Å²) in [5, 5.41) is 12.0. The number of aromatic nitrogens is 4. The van der Waals surface area contributed by atoms with Crippen LogP contribution in [-0.2, 0) is 18.5 Å². The molecule has 0 N–H and O–H groups in total. The topological polar surface area (TPSA) is 63.9 Å². The number of thiazole rings is 1. The summed E-state index contributed by atoms with van der Waals surface area (Å²) in [6.07, 6.45) is 3.84. The summed E-state index contributed by atoms with van der Waals surface area (Å²) in [7, 11) is 0. The molecule has 5 rings (SSSR count).